The molecule has 16 heavy (non-hydrogen) atoms. The molecule has 2 rings (SSSR count). The van der Waals surface area contributed by atoms with E-state index >= 15 is 0 Å². The molecule has 0 amide bonds. The van der Waals surface area contributed by atoms with Crippen LogP contribution in [0.1, 0.15) is 31.7 Å². The Bertz CT molecular complexity index is 318. The molecule has 0 bridgehead atoms. The van der Waals surface area contributed by atoms with Crippen LogP contribution in [0.5, 0.6) is 0 Å². The van der Waals surface area contributed by atoms with E-state index in [1.54, 1.807) is 0 Å². The van der Waals surface area contributed by atoms with Gasteiger partial charge in [-0.25, -0.2) is 0 Å². The zero-order chi connectivity index (χ0) is 11.2. The first-order chi connectivity index (χ1) is 7.90. The van der Waals surface area contributed by atoms with Crippen molar-refractivity contribution in [2.24, 2.45) is 0 Å². The maximum absolute atomic E-state index is 5.61. The Morgan fingerprint density at radius 3 is 3.00 bits per heavy atom. The van der Waals surface area contributed by atoms with Gasteiger partial charge in [-0.15, -0.1) is 0 Å². The third-order valence-electron chi connectivity index (χ3n) is 3.08. The number of para-hydroxylation sites is 1. The Morgan fingerprint density at radius 2 is 2.25 bits per heavy atom. The van der Waals surface area contributed by atoms with E-state index in [2.05, 4.69) is 36.5 Å². The van der Waals surface area contributed by atoms with Gasteiger partial charge in [0.05, 0.1) is 6.10 Å². The van der Waals surface area contributed by atoms with E-state index in [-0.39, 0.29) is 0 Å². The average Bonchev–Trinajstić information content (AvgIpc) is 2.81. The topological polar surface area (TPSA) is 21.3 Å². The lowest BCUT2D eigenvalue weighted by molar-refractivity contribution is 0.120. The van der Waals surface area contributed by atoms with E-state index in [0.29, 0.717) is 6.10 Å². The molecule has 1 unspecified atom stereocenters. The van der Waals surface area contributed by atoms with Crippen molar-refractivity contribution in [2.45, 2.75) is 38.7 Å². The molecule has 1 heterocycles. The van der Waals surface area contributed by atoms with E-state index in [9.17, 15) is 0 Å². The van der Waals surface area contributed by atoms with Gasteiger partial charge in [-0.1, -0.05) is 31.5 Å². The lowest BCUT2D eigenvalue weighted by Gasteiger charge is -2.14. The molecule has 1 aliphatic heterocycles. The van der Waals surface area contributed by atoms with E-state index in [1.165, 1.54) is 30.5 Å². The highest BCUT2D eigenvalue weighted by molar-refractivity contribution is 5.51. The molecular formula is C14H21NO. The minimum Gasteiger partial charge on any atom is -0.382 e. The first-order valence-electron chi connectivity index (χ1n) is 6.33. The van der Waals surface area contributed by atoms with Gasteiger partial charge in [0.1, 0.15) is 0 Å². The van der Waals surface area contributed by atoms with Crippen molar-refractivity contribution in [1.29, 1.82) is 0 Å². The average molecular weight is 219 g/mol. The van der Waals surface area contributed by atoms with Gasteiger partial charge in [0, 0.05) is 18.8 Å². The van der Waals surface area contributed by atoms with Crippen LogP contribution in [0.25, 0.3) is 0 Å². The molecule has 1 fully saturated rings. The highest BCUT2D eigenvalue weighted by Gasteiger charge is 2.15. The smallest absolute Gasteiger partial charge is 0.0748 e. The van der Waals surface area contributed by atoms with Crippen LogP contribution in [0.4, 0.5) is 5.69 Å². The number of aryl methyl sites for hydroxylation is 1. The van der Waals surface area contributed by atoms with Crippen molar-refractivity contribution in [3.05, 3.63) is 29.8 Å². The minimum absolute atomic E-state index is 0.412. The molecule has 1 saturated heterocycles. The lowest BCUT2D eigenvalue weighted by Crippen LogP contribution is -2.19. The van der Waals surface area contributed by atoms with Crippen LogP contribution in [-0.4, -0.2) is 19.3 Å². The Morgan fingerprint density at radius 1 is 1.38 bits per heavy atom. The van der Waals surface area contributed by atoms with Crippen molar-refractivity contribution < 1.29 is 4.74 Å². The summed E-state index contributed by atoms with van der Waals surface area (Å²) in [5, 5.41) is 3.51. The summed E-state index contributed by atoms with van der Waals surface area (Å²) in [4.78, 5) is 0. The second-order valence-corrected chi connectivity index (χ2v) is 4.42. The van der Waals surface area contributed by atoms with Crippen LogP contribution in [0.3, 0.4) is 0 Å². The van der Waals surface area contributed by atoms with Gasteiger partial charge in [-0.3, -0.25) is 0 Å². The van der Waals surface area contributed by atoms with Crippen molar-refractivity contribution in [3.8, 4) is 0 Å². The van der Waals surface area contributed by atoms with Gasteiger partial charge in [-0.05, 0) is 30.9 Å². The van der Waals surface area contributed by atoms with Crippen LogP contribution >= 0.6 is 0 Å². The highest BCUT2D eigenvalue weighted by atomic mass is 16.5. The van der Waals surface area contributed by atoms with E-state index < -0.39 is 0 Å². The summed E-state index contributed by atoms with van der Waals surface area (Å²) in [6, 6.07) is 8.58. The van der Waals surface area contributed by atoms with Crippen LogP contribution in [0.15, 0.2) is 24.3 Å². The number of ether oxygens (including phenoxy) is 1. The predicted molar refractivity (Wildman–Crippen MR) is 67.9 cm³/mol. The molecule has 0 saturated carbocycles. The van der Waals surface area contributed by atoms with Gasteiger partial charge in [0.25, 0.3) is 0 Å². The maximum Gasteiger partial charge on any atom is 0.0748 e. The molecule has 0 radical (unpaired) electrons. The number of anilines is 1. The molecule has 88 valence electrons. The van der Waals surface area contributed by atoms with Crippen molar-refractivity contribution in [3.63, 3.8) is 0 Å². The summed E-state index contributed by atoms with van der Waals surface area (Å²) in [6.45, 7) is 4.10. The Labute approximate surface area is 98.0 Å². The van der Waals surface area contributed by atoms with Crippen LogP contribution in [0.2, 0.25) is 0 Å². The first-order valence-corrected chi connectivity index (χ1v) is 6.33. The van der Waals surface area contributed by atoms with Crippen molar-refractivity contribution >= 4 is 5.69 Å². The molecule has 0 aliphatic carbocycles. The molecule has 1 aromatic rings. The van der Waals surface area contributed by atoms with Gasteiger partial charge in [0.15, 0.2) is 0 Å². The SMILES string of the molecule is CCCc1ccccc1NCC1CCCO1. The maximum atomic E-state index is 5.61. The number of rotatable bonds is 5. The summed E-state index contributed by atoms with van der Waals surface area (Å²) in [6.07, 6.45) is 5.16. The summed E-state index contributed by atoms with van der Waals surface area (Å²) in [5.41, 5.74) is 2.70. The molecule has 0 aromatic heterocycles. The fourth-order valence-electron chi connectivity index (χ4n) is 2.21. The zero-order valence-corrected chi connectivity index (χ0v) is 10.0. The molecule has 1 N–H and O–H groups in total. The second kappa shape index (κ2) is 5.90. The summed E-state index contributed by atoms with van der Waals surface area (Å²) in [5.74, 6) is 0. The number of hydrogen-bond acceptors (Lipinski definition) is 2. The summed E-state index contributed by atoms with van der Waals surface area (Å²) < 4.78 is 5.61. The number of hydrogen-bond donors (Lipinski definition) is 1. The molecule has 0 spiro atoms. The Hall–Kier alpha value is -1.02. The standard InChI is InChI=1S/C14H21NO/c1-2-6-12-7-3-4-9-14(12)15-11-13-8-5-10-16-13/h3-4,7,9,13,15H,2,5-6,8,10-11H2,1H3. The fourth-order valence-corrected chi connectivity index (χ4v) is 2.21. The molecule has 1 aliphatic rings. The van der Waals surface area contributed by atoms with Gasteiger partial charge in [-0.2, -0.15) is 0 Å². The Kier molecular flexibility index (Phi) is 4.23. The third-order valence-corrected chi connectivity index (χ3v) is 3.08. The van der Waals surface area contributed by atoms with Crippen molar-refractivity contribution in [2.75, 3.05) is 18.5 Å². The van der Waals surface area contributed by atoms with Crippen LogP contribution < -0.4 is 5.32 Å². The second-order valence-electron chi connectivity index (χ2n) is 4.42. The summed E-state index contributed by atoms with van der Waals surface area (Å²) in [7, 11) is 0. The molecule has 2 heteroatoms. The largest absolute Gasteiger partial charge is 0.382 e. The monoisotopic (exact) mass is 219 g/mol. The van der Waals surface area contributed by atoms with E-state index in [0.717, 1.165) is 19.6 Å². The highest BCUT2D eigenvalue weighted by Crippen LogP contribution is 2.18. The normalized spacial score (nSPS) is 19.9. The fraction of sp³-hybridized carbons (Fsp3) is 0.571. The van der Waals surface area contributed by atoms with Gasteiger partial charge < -0.3 is 10.1 Å². The summed E-state index contributed by atoms with van der Waals surface area (Å²) >= 11 is 0. The van der Waals surface area contributed by atoms with Crippen LogP contribution in [-0.2, 0) is 11.2 Å². The van der Waals surface area contributed by atoms with Crippen molar-refractivity contribution in [1.82, 2.24) is 0 Å². The zero-order valence-electron chi connectivity index (χ0n) is 10.0. The third kappa shape index (κ3) is 2.99. The van der Waals surface area contributed by atoms with Gasteiger partial charge >= 0.3 is 0 Å². The lowest BCUT2D eigenvalue weighted by atomic mass is 10.1. The Balaban J connectivity index is 1.91. The first kappa shape index (κ1) is 11.5. The molecule has 1 atom stereocenters. The predicted octanol–water partition coefficient (Wildman–Crippen LogP) is 3.23. The number of benzene rings is 1. The van der Waals surface area contributed by atoms with Crippen LogP contribution in [0, 0.1) is 0 Å². The number of nitrogens with one attached hydrogen (secondary N) is 1. The van der Waals surface area contributed by atoms with E-state index in [4.69, 9.17) is 4.74 Å². The minimum atomic E-state index is 0.412. The quantitative estimate of drug-likeness (QED) is 0.821. The molecule has 2 nitrogen and oxygen atoms in total. The molecule has 1 aromatic carbocycles. The van der Waals surface area contributed by atoms with E-state index in [1.807, 2.05) is 0 Å². The molecular weight excluding hydrogens is 198 g/mol. The van der Waals surface area contributed by atoms with Gasteiger partial charge in [0.2, 0.25) is 0 Å².